The number of benzene rings is 2. The van der Waals surface area contributed by atoms with E-state index in [0.29, 0.717) is 13.0 Å². The van der Waals surface area contributed by atoms with Gasteiger partial charge < -0.3 is 15.5 Å². The van der Waals surface area contributed by atoms with E-state index in [-0.39, 0.29) is 22.5 Å². The molecule has 2 N–H and O–H groups in total. The number of nitro groups is 1. The minimum atomic E-state index is -0.643. The molecule has 0 bridgehead atoms. The molecule has 0 aromatic heterocycles. The van der Waals surface area contributed by atoms with Crippen molar-refractivity contribution in [3.8, 4) is 0 Å². The minimum Gasteiger partial charge on any atom is -0.351 e. The van der Waals surface area contributed by atoms with Crippen LogP contribution in [-0.4, -0.2) is 48.8 Å². The molecule has 0 aliphatic carbocycles. The standard InChI is InChI=1S/C21H23FN4O4/c1-25(2)13-5-12-23-21(28)19(14-16-6-3-4-7-18(16)22)24-20(27)15-8-10-17(11-9-15)26(29)30/h3-4,6-11,14H,5,12-13H2,1-2H3,(H,23,28)(H,24,27)/b19-14+. The van der Waals surface area contributed by atoms with Crippen LogP contribution >= 0.6 is 0 Å². The zero-order valence-electron chi connectivity index (χ0n) is 16.7. The Morgan fingerprint density at radius 2 is 1.80 bits per heavy atom. The number of carbonyl (C=O) groups excluding carboxylic acids is 2. The molecule has 30 heavy (non-hydrogen) atoms. The first-order valence-electron chi connectivity index (χ1n) is 9.23. The van der Waals surface area contributed by atoms with Crippen LogP contribution in [-0.2, 0) is 4.79 Å². The van der Waals surface area contributed by atoms with Gasteiger partial charge in [0, 0.05) is 29.8 Å². The van der Waals surface area contributed by atoms with E-state index in [0.717, 1.165) is 6.54 Å². The molecule has 0 aliphatic heterocycles. The van der Waals surface area contributed by atoms with Crippen molar-refractivity contribution < 1.29 is 18.9 Å². The zero-order chi connectivity index (χ0) is 22.1. The average molecular weight is 414 g/mol. The van der Waals surface area contributed by atoms with E-state index in [1.165, 1.54) is 48.5 Å². The highest BCUT2D eigenvalue weighted by Gasteiger charge is 2.16. The first-order chi connectivity index (χ1) is 14.3. The van der Waals surface area contributed by atoms with Crippen LogP contribution in [0.25, 0.3) is 6.08 Å². The lowest BCUT2D eigenvalue weighted by molar-refractivity contribution is -0.384. The summed E-state index contributed by atoms with van der Waals surface area (Å²) in [7, 11) is 3.82. The van der Waals surface area contributed by atoms with E-state index >= 15 is 0 Å². The molecule has 2 amide bonds. The Balaban J connectivity index is 2.20. The summed E-state index contributed by atoms with van der Waals surface area (Å²) in [6, 6.07) is 10.8. The van der Waals surface area contributed by atoms with Crippen LogP contribution in [0.4, 0.5) is 10.1 Å². The number of amides is 2. The van der Waals surface area contributed by atoms with Gasteiger partial charge in [-0.1, -0.05) is 18.2 Å². The fourth-order valence-electron chi connectivity index (χ4n) is 2.53. The Labute approximate surface area is 173 Å². The van der Waals surface area contributed by atoms with Gasteiger partial charge in [-0.2, -0.15) is 0 Å². The molecule has 2 aromatic rings. The number of nitro benzene ring substituents is 1. The van der Waals surface area contributed by atoms with Gasteiger partial charge >= 0.3 is 0 Å². The van der Waals surface area contributed by atoms with Gasteiger partial charge in [0.2, 0.25) is 0 Å². The number of hydrogen-bond donors (Lipinski definition) is 2. The first kappa shape index (κ1) is 22.7. The summed E-state index contributed by atoms with van der Waals surface area (Å²) in [6.45, 7) is 1.14. The van der Waals surface area contributed by atoms with Crippen molar-refractivity contribution in [1.29, 1.82) is 0 Å². The summed E-state index contributed by atoms with van der Waals surface area (Å²) in [6.07, 6.45) is 1.95. The number of nitrogens with zero attached hydrogens (tertiary/aromatic N) is 2. The number of nitrogens with one attached hydrogen (secondary N) is 2. The molecule has 8 nitrogen and oxygen atoms in total. The van der Waals surface area contributed by atoms with Crippen molar-refractivity contribution >= 4 is 23.6 Å². The number of non-ortho nitro benzene ring substituents is 1. The van der Waals surface area contributed by atoms with Gasteiger partial charge in [-0.25, -0.2) is 4.39 Å². The number of rotatable bonds is 9. The van der Waals surface area contributed by atoms with Gasteiger partial charge in [-0.15, -0.1) is 0 Å². The van der Waals surface area contributed by atoms with E-state index < -0.39 is 22.6 Å². The molecule has 0 aliphatic rings. The van der Waals surface area contributed by atoms with Crippen molar-refractivity contribution in [2.45, 2.75) is 6.42 Å². The van der Waals surface area contributed by atoms with E-state index in [1.54, 1.807) is 6.07 Å². The topological polar surface area (TPSA) is 105 Å². The molecular formula is C21H23FN4O4. The predicted molar refractivity (Wildman–Crippen MR) is 111 cm³/mol. The molecule has 2 aromatic carbocycles. The van der Waals surface area contributed by atoms with Crippen LogP contribution in [0.2, 0.25) is 0 Å². The maximum absolute atomic E-state index is 14.0. The molecule has 0 saturated heterocycles. The summed E-state index contributed by atoms with van der Waals surface area (Å²) >= 11 is 0. The number of hydrogen-bond acceptors (Lipinski definition) is 5. The normalized spacial score (nSPS) is 11.3. The molecule has 2 rings (SSSR count). The lowest BCUT2D eigenvalue weighted by atomic mass is 10.1. The van der Waals surface area contributed by atoms with Gasteiger partial charge in [-0.05, 0) is 51.3 Å². The van der Waals surface area contributed by atoms with Crippen LogP contribution in [0, 0.1) is 15.9 Å². The summed E-state index contributed by atoms with van der Waals surface area (Å²) < 4.78 is 14.0. The van der Waals surface area contributed by atoms with Crippen LogP contribution < -0.4 is 10.6 Å². The maximum Gasteiger partial charge on any atom is 0.269 e. The summed E-state index contributed by atoms with van der Waals surface area (Å²) in [5.41, 5.74) is -0.0269. The molecule has 0 radical (unpaired) electrons. The largest absolute Gasteiger partial charge is 0.351 e. The highest BCUT2D eigenvalue weighted by Crippen LogP contribution is 2.14. The Morgan fingerprint density at radius 3 is 2.40 bits per heavy atom. The maximum atomic E-state index is 14.0. The molecule has 158 valence electrons. The monoisotopic (exact) mass is 414 g/mol. The van der Waals surface area contributed by atoms with Crippen LogP contribution in [0.3, 0.4) is 0 Å². The molecule has 9 heteroatoms. The summed E-state index contributed by atoms with van der Waals surface area (Å²) in [5.74, 6) is -1.75. The number of carbonyl (C=O) groups is 2. The fourth-order valence-corrected chi connectivity index (χ4v) is 2.53. The minimum absolute atomic E-state index is 0.125. The Hall–Kier alpha value is -3.59. The molecule has 0 saturated carbocycles. The highest BCUT2D eigenvalue weighted by atomic mass is 19.1. The fraction of sp³-hybridized carbons (Fsp3) is 0.238. The van der Waals surface area contributed by atoms with Gasteiger partial charge in [0.1, 0.15) is 11.5 Å². The summed E-state index contributed by atoms with van der Waals surface area (Å²) in [4.78, 5) is 37.3. The lowest BCUT2D eigenvalue weighted by Crippen LogP contribution is -2.36. The predicted octanol–water partition coefficient (Wildman–Crippen LogP) is 2.57. The van der Waals surface area contributed by atoms with Gasteiger partial charge in [0.25, 0.3) is 17.5 Å². The second kappa shape index (κ2) is 10.8. The van der Waals surface area contributed by atoms with Crippen molar-refractivity contribution in [3.05, 3.63) is 81.3 Å². The molecular weight excluding hydrogens is 391 g/mol. The molecule has 0 unspecified atom stereocenters. The third kappa shape index (κ3) is 6.78. The average Bonchev–Trinajstić information content (AvgIpc) is 2.72. The van der Waals surface area contributed by atoms with Gasteiger partial charge in [0.15, 0.2) is 0 Å². The molecule has 0 fully saturated rings. The zero-order valence-corrected chi connectivity index (χ0v) is 16.7. The third-order valence-corrected chi connectivity index (χ3v) is 4.11. The summed E-state index contributed by atoms with van der Waals surface area (Å²) in [5, 5.41) is 15.9. The Kier molecular flexibility index (Phi) is 8.18. The number of halogens is 1. The highest BCUT2D eigenvalue weighted by molar-refractivity contribution is 6.05. The molecule has 0 atom stereocenters. The smallest absolute Gasteiger partial charge is 0.269 e. The van der Waals surface area contributed by atoms with Crippen LogP contribution in [0.15, 0.2) is 54.2 Å². The van der Waals surface area contributed by atoms with Crippen molar-refractivity contribution in [2.75, 3.05) is 27.2 Å². The molecule has 0 spiro atoms. The van der Waals surface area contributed by atoms with Gasteiger partial charge in [0.05, 0.1) is 4.92 Å². The van der Waals surface area contributed by atoms with E-state index in [1.807, 2.05) is 19.0 Å². The van der Waals surface area contributed by atoms with Crippen LogP contribution in [0.1, 0.15) is 22.3 Å². The van der Waals surface area contributed by atoms with Crippen molar-refractivity contribution in [2.24, 2.45) is 0 Å². The Bertz CT molecular complexity index is 942. The second-order valence-electron chi connectivity index (χ2n) is 6.75. The van der Waals surface area contributed by atoms with E-state index in [2.05, 4.69) is 10.6 Å². The van der Waals surface area contributed by atoms with Crippen LogP contribution in [0.5, 0.6) is 0 Å². The molecule has 0 heterocycles. The lowest BCUT2D eigenvalue weighted by Gasteiger charge is -2.13. The third-order valence-electron chi connectivity index (χ3n) is 4.11. The van der Waals surface area contributed by atoms with Crippen molar-refractivity contribution in [3.63, 3.8) is 0 Å². The van der Waals surface area contributed by atoms with E-state index in [9.17, 15) is 24.1 Å². The second-order valence-corrected chi connectivity index (χ2v) is 6.75. The van der Waals surface area contributed by atoms with Gasteiger partial charge in [-0.3, -0.25) is 19.7 Å². The van der Waals surface area contributed by atoms with E-state index in [4.69, 9.17) is 0 Å². The first-order valence-corrected chi connectivity index (χ1v) is 9.23. The Morgan fingerprint density at radius 1 is 1.13 bits per heavy atom. The SMILES string of the molecule is CN(C)CCCNC(=O)/C(=C\c1ccccc1F)NC(=O)c1ccc([N+](=O)[O-])cc1. The quantitative estimate of drug-likeness (QED) is 0.284. The van der Waals surface area contributed by atoms with Crippen molar-refractivity contribution in [1.82, 2.24) is 15.5 Å².